The maximum Gasteiger partial charge on any atom is 0.193 e. The highest BCUT2D eigenvalue weighted by molar-refractivity contribution is 5.80. The van der Waals surface area contributed by atoms with E-state index in [1.54, 1.807) is 0 Å². The molecule has 0 radical (unpaired) electrons. The largest absolute Gasteiger partial charge is 0.356 e. The molecule has 1 aliphatic carbocycles. The molecule has 0 aromatic rings. The lowest BCUT2D eigenvalue weighted by Gasteiger charge is -2.25. The number of unbranched alkanes of at least 4 members (excludes halogenated alkanes) is 1. The SMILES string of the molecule is CN=C(NCCCCC1CCCC1)N1CCC(N2CCCC2)C1. The van der Waals surface area contributed by atoms with Crippen LogP contribution in [0.15, 0.2) is 4.99 Å². The molecule has 0 spiro atoms. The van der Waals surface area contributed by atoms with Gasteiger partial charge in [-0.15, -0.1) is 0 Å². The van der Waals surface area contributed by atoms with Gasteiger partial charge in [-0.1, -0.05) is 38.5 Å². The van der Waals surface area contributed by atoms with Crippen LogP contribution in [-0.2, 0) is 0 Å². The second-order valence-corrected chi connectivity index (χ2v) is 7.75. The van der Waals surface area contributed by atoms with Gasteiger partial charge in [-0.3, -0.25) is 9.89 Å². The lowest BCUT2D eigenvalue weighted by molar-refractivity contribution is 0.249. The van der Waals surface area contributed by atoms with Crippen molar-refractivity contribution in [2.75, 3.05) is 39.8 Å². The highest BCUT2D eigenvalue weighted by Crippen LogP contribution is 2.28. The Balaban J connectivity index is 1.31. The molecule has 4 heteroatoms. The van der Waals surface area contributed by atoms with E-state index in [-0.39, 0.29) is 0 Å². The summed E-state index contributed by atoms with van der Waals surface area (Å²) in [6.07, 6.45) is 14.1. The minimum absolute atomic E-state index is 0.762. The molecule has 0 aromatic heterocycles. The standard InChI is InChI=1S/C19H36N4/c1-20-19(21-12-5-4-10-17-8-2-3-9-17)23-15-11-18(16-23)22-13-6-7-14-22/h17-18H,2-16H2,1H3,(H,20,21). The second kappa shape index (κ2) is 8.91. The Morgan fingerprint density at radius 3 is 2.52 bits per heavy atom. The van der Waals surface area contributed by atoms with Crippen LogP contribution in [0.25, 0.3) is 0 Å². The Hall–Kier alpha value is -0.770. The number of likely N-dealkylation sites (tertiary alicyclic amines) is 2. The Morgan fingerprint density at radius 1 is 1.00 bits per heavy atom. The number of guanidine groups is 1. The Morgan fingerprint density at radius 2 is 1.78 bits per heavy atom. The van der Waals surface area contributed by atoms with E-state index in [1.165, 1.54) is 90.4 Å². The van der Waals surface area contributed by atoms with E-state index in [1.807, 2.05) is 7.05 Å². The van der Waals surface area contributed by atoms with Gasteiger partial charge in [0.15, 0.2) is 5.96 Å². The van der Waals surface area contributed by atoms with Gasteiger partial charge in [-0.25, -0.2) is 0 Å². The van der Waals surface area contributed by atoms with Crippen LogP contribution in [0.1, 0.15) is 64.2 Å². The van der Waals surface area contributed by atoms with Gasteiger partial charge in [0.1, 0.15) is 0 Å². The maximum atomic E-state index is 4.52. The highest BCUT2D eigenvalue weighted by atomic mass is 15.3. The van der Waals surface area contributed by atoms with Crippen LogP contribution >= 0.6 is 0 Å². The molecule has 0 bridgehead atoms. The third-order valence-electron chi connectivity index (χ3n) is 6.13. The molecule has 132 valence electrons. The number of hydrogen-bond acceptors (Lipinski definition) is 2. The summed E-state index contributed by atoms with van der Waals surface area (Å²) < 4.78 is 0. The summed E-state index contributed by atoms with van der Waals surface area (Å²) in [6, 6.07) is 0.762. The molecule has 3 aliphatic rings. The smallest absolute Gasteiger partial charge is 0.193 e. The van der Waals surface area contributed by atoms with Gasteiger partial charge in [0.25, 0.3) is 0 Å². The van der Waals surface area contributed by atoms with Crippen LogP contribution in [0.3, 0.4) is 0 Å². The third-order valence-corrected chi connectivity index (χ3v) is 6.13. The lowest BCUT2D eigenvalue weighted by atomic mass is 10.0. The Labute approximate surface area is 142 Å². The van der Waals surface area contributed by atoms with Crippen molar-refractivity contribution in [2.24, 2.45) is 10.9 Å². The van der Waals surface area contributed by atoms with Crippen molar-refractivity contribution >= 4 is 5.96 Å². The molecule has 2 saturated heterocycles. The molecule has 1 unspecified atom stereocenters. The average Bonchev–Trinajstić information content (AvgIpc) is 3.32. The van der Waals surface area contributed by atoms with Crippen molar-refractivity contribution in [3.8, 4) is 0 Å². The number of aliphatic imine (C=N–C) groups is 1. The Bertz CT molecular complexity index is 370. The Kier molecular flexibility index (Phi) is 6.61. The number of nitrogens with zero attached hydrogens (tertiary/aromatic N) is 3. The zero-order valence-corrected chi connectivity index (χ0v) is 15.1. The highest BCUT2D eigenvalue weighted by Gasteiger charge is 2.30. The predicted molar refractivity (Wildman–Crippen MR) is 98.0 cm³/mol. The van der Waals surface area contributed by atoms with Gasteiger partial charge in [0, 0.05) is 32.7 Å². The average molecular weight is 321 g/mol. The van der Waals surface area contributed by atoms with Crippen LogP contribution in [0.2, 0.25) is 0 Å². The fourth-order valence-corrected chi connectivity index (χ4v) is 4.73. The minimum Gasteiger partial charge on any atom is -0.356 e. The zero-order chi connectivity index (χ0) is 15.9. The number of hydrogen-bond donors (Lipinski definition) is 1. The third kappa shape index (κ3) is 4.85. The van der Waals surface area contributed by atoms with Crippen LogP contribution in [0, 0.1) is 5.92 Å². The van der Waals surface area contributed by atoms with E-state index >= 15 is 0 Å². The summed E-state index contributed by atoms with van der Waals surface area (Å²) in [5.74, 6) is 2.17. The first-order chi connectivity index (χ1) is 11.4. The van der Waals surface area contributed by atoms with E-state index in [9.17, 15) is 0 Å². The molecule has 23 heavy (non-hydrogen) atoms. The van der Waals surface area contributed by atoms with E-state index < -0.39 is 0 Å². The van der Waals surface area contributed by atoms with Crippen LogP contribution in [0.4, 0.5) is 0 Å². The first-order valence-corrected chi connectivity index (χ1v) is 10.1. The quantitative estimate of drug-likeness (QED) is 0.463. The van der Waals surface area contributed by atoms with E-state index in [0.717, 1.165) is 24.5 Å². The molecule has 0 amide bonds. The van der Waals surface area contributed by atoms with Gasteiger partial charge in [-0.05, 0) is 44.7 Å². The molecule has 2 aliphatic heterocycles. The molecule has 3 rings (SSSR count). The van der Waals surface area contributed by atoms with Gasteiger partial charge in [0.05, 0.1) is 0 Å². The summed E-state index contributed by atoms with van der Waals surface area (Å²) in [5.41, 5.74) is 0. The van der Waals surface area contributed by atoms with E-state index in [2.05, 4.69) is 20.1 Å². The van der Waals surface area contributed by atoms with E-state index in [0.29, 0.717) is 0 Å². The molecule has 4 nitrogen and oxygen atoms in total. The topological polar surface area (TPSA) is 30.9 Å². The second-order valence-electron chi connectivity index (χ2n) is 7.75. The number of nitrogens with one attached hydrogen (secondary N) is 1. The molecule has 0 aromatic carbocycles. The van der Waals surface area contributed by atoms with Crippen molar-refractivity contribution < 1.29 is 0 Å². The van der Waals surface area contributed by atoms with Crippen molar-refractivity contribution in [3.63, 3.8) is 0 Å². The fourth-order valence-electron chi connectivity index (χ4n) is 4.73. The lowest BCUT2D eigenvalue weighted by Crippen LogP contribution is -2.43. The summed E-state index contributed by atoms with van der Waals surface area (Å²) >= 11 is 0. The van der Waals surface area contributed by atoms with Crippen LogP contribution in [-0.4, -0.2) is 61.6 Å². The molecule has 1 atom stereocenters. The zero-order valence-electron chi connectivity index (χ0n) is 15.1. The number of rotatable bonds is 6. The molecule has 1 saturated carbocycles. The van der Waals surface area contributed by atoms with Gasteiger partial charge >= 0.3 is 0 Å². The predicted octanol–water partition coefficient (Wildman–Crippen LogP) is 3.09. The van der Waals surface area contributed by atoms with Crippen LogP contribution in [0.5, 0.6) is 0 Å². The minimum atomic E-state index is 0.762. The molecule has 2 heterocycles. The normalized spacial score (nSPS) is 27.3. The van der Waals surface area contributed by atoms with E-state index in [4.69, 9.17) is 0 Å². The summed E-state index contributed by atoms with van der Waals surface area (Å²) in [4.78, 5) is 9.68. The van der Waals surface area contributed by atoms with Gasteiger partial charge in [0.2, 0.25) is 0 Å². The molecule has 1 N–H and O–H groups in total. The molecular weight excluding hydrogens is 284 g/mol. The molecular formula is C19H36N4. The maximum absolute atomic E-state index is 4.52. The fraction of sp³-hybridized carbons (Fsp3) is 0.947. The molecule has 3 fully saturated rings. The first kappa shape index (κ1) is 17.1. The van der Waals surface area contributed by atoms with Crippen molar-refractivity contribution in [1.29, 1.82) is 0 Å². The van der Waals surface area contributed by atoms with Crippen molar-refractivity contribution in [1.82, 2.24) is 15.1 Å². The summed E-state index contributed by atoms with van der Waals surface area (Å²) in [6.45, 7) is 6.05. The van der Waals surface area contributed by atoms with Gasteiger partial charge in [-0.2, -0.15) is 0 Å². The monoisotopic (exact) mass is 320 g/mol. The summed E-state index contributed by atoms with van der Waals surface area (Å²) in [5, 5.41) is 3.61. The van der Waals surface area contributed by atoms with Crippen LogP contribution < -0.4 is 5.32 Å². The van der Waals surface area contributed by atoms with Crippen molar-refractivity contribution in [2.45, 2.75) is 70.3 Å². The summed E-state index contributed by atoms with van der Waals surface area (Å²) in [7, 11) is 1.93. The van der Waals surface area contributed by atoms with Crippen molar-refractivity contribution in [3.05, 3.63) is 0 Å². The first-order valence-electron chi connectivity index (χ1n) is 10.1. The van der Waals surface area contributed by atoms with Gasteiger partial charge < -0.3 is 10.2 Å².